The molecule has 92 valence electrons. The highest BCUT2D eigenvalue weighted by atomic mass is 35.5. The van der Waals surface area contributed by atoms with Crippen LogP contribution in [0, 0.1) is 13.8 Å². The van der Waals surface area contributed by atoms with Gasteiger partial charge in [0, 0.05) is 5.69 Å². The first-order valence-electron chi connectivity index (χ1n) is 5.70. The molecule has 2 aromatic rings. The standard InChI is InChI=1S/C15H14ClNO/c1-10-4-3-5-12(8-10)17-15(18)13-7-6-11(2)9-14(13)16/h3-9H,1-2H3,(H,17,18). The molecule has 0 aliphatic heterocycles. The van der Waals surface area contributed by atoms with E-state index in [1.54, 1.807) is 12.1 Å². The Morgan fingerprint density at radius 1 is 1.06 bits per heavy atom. The average Bonchev–Trinajstić information content (AvgIpc) is 2.28. The van der Waals surface area contributed by atoms with Crippen molar-refractivity contribution in [1.29, 1.82) is 0 Å². The van der Waals surface area contributed by atoms with Crippen molar-refractivity contribution in [3.63, 3.8) is 0 Å². The van der Waals surface area contributed by atoms with Gasteiger partial charge in [-0.1, -0.05) is 29.8 Å². The third-order valence-corrected chi connectivity index (χ3v) is 2.96. The number of benzene rings is 2. The largest absolute Gasteiger partial charge is 0.322 e. The van der Waals surface area contributed by atoms with Gasteiger partial charge in [-0.05, 0) is 49.2 Å². The summed E-state index contributed by atoms with van der Waals surface area (Å²) in [6, 6.07) is 13.1. The molecule has 2 nitrogen and oxygen atoms in total. The molecule has 0 spiro atoms. The first-order valence-corrected chi connectivity index (χ1v) is 6.08. The number of nitrogens with one attached hydrogen (secondary N) is 1. The maximum absolute atomic E-state index is 12.1. The smallest absolute Gasteiger partial charge is 0.257 e. The van der Waals surface area contributed by atoms with Gasteiger partial charge in [0.1, 0.15) is 0 Å². The molecule has 0 atom stereocenters. The molecule has 1 N–H and O–H groups in total. The minimum absolute atomic E-state index is 0.189. The molecule has 2 aromatic carbocycles. The summed E-state index contributed by atoms with van der Waals surface area (Å²) in [5.74, 6) is -0.189. The number of amides is 1. The minimum atomic E-state index is -0.189. The van der Waals surface area contributed by atoms with Gasteiger partial charge >= 0.3 is 0 Å². The summed E-state index contributed by atoms with van der Waals surface area (Å²) in [5.41, 5.74) is 3.40. The molecule has 0 aromatic heterocycles. The van der Waals surface area contributed by atoms with Crippen molar-refractivity contribution in [2.75, 3.05) is 5.32 Å². The van der Waals surface area contributed by atoms with E-state index in [0.717, 1.165) is 16.8 Å². The molecule has 0 heterocycles. The second kappa shape index (κ2) is 5.23. The normalized spacial score (nSPS) is 10.2. The van der Waals surface area contributed by atoms with Crippen LogP contribution in [-0.2, 0) is 0 Å². The van der Waals surface area contributed by atoms with Crippen LogP contribution in [0.15, 0.2) is 42.5 Å². The summed E-state index contributed by atoms with van der Waals surface area (Å²) < 4.78 is 0. The van der Waals surface area contributed by atoms with Crippen LogP contribution in [0.5, 0.6) is 0 Å². The van der Waals surface area contributed by atoms with Crippen LogP contribution in [0.4, 0.5) is 5.69 Å². The number of hydrogen-bond acceptors (Lipinski definition) is 1. The lowest BCUT2D eigenvalue weighted by Gasteiger charge is -2.08. The average molecular weight is 260 g/mol. The van der Waals surface area contributed by atoms with E-state index in [2.05, 4.69) is 5.32 Å². The van der Waals surface area contributed by atoms with E-state index in [-0.39, 0.29) is 5.91 Å². The van der Waals surface area contributed by atoms with Crippen LogP contribution in [0.3, 0.4) is 0 Å². The zero-order chi connectivity index (χ0) is 13.1. The summed E-state index contributed by atoms with van der Waals surface area (Å²) in [6.07, 6.45) is 0. The van der Waals surface area contributed by atoms with Crippen LogP contribution in [0.25, 0.3) is 0 Å². The molecule has 0 saturated carbocycles. The van der Waals surface area contributed by atoms with E-state index < -0.39 is 0 Å². The van der Waals surface area contributed by atoms with Gasteiger partial charge in [-0.3, -0.25) is 4.79 Å². The van der Waals surface area contributed by atoms with Crippen LogP contribution in [0.2, 0.25) is 5.02 Å². The molecule has 0 radical (unpaired) electrons. The molecule has 3 heteroatoms. The van der Waals surface area contributed by atoms with Crippen molar-refractivity contribution in [2.45, 2.75) is 13.8 Å². The van der Waals surface area contributed by atoms with Gasteiger partial charge in [-0.15, -0.1) is 0 Å². The lowest BCUT2D eigenvalue weighted by atomic mass is 10.1. The van der Waals surface area contributed by atoms with Crippen molar-refractivity contribution >= 4 is 23.2 Å². The van der Waals surface area contributed by atoms with Crippen LogP contribution in [0.1, 0.15) is 21.5 Å². The van der Waals surface area contributed by atoms with E-state index in [9.17, 15) is 4.79 Å². The monoisotopic (exact) mass is 259 g/mol. The fourth-order valence-electron chi connectivity index (χ4n) is 1.73. The number of halogens is 1. The Hall–Kier alpha value is -1.80. The predicted octanol–water partition coefficient (Wildman–Crippen LogP) is 4.21. The fourth-order valence-corrected chi connectivity index (χ4v) is 2.05. The van der Waals surface area contributed by atoms with E-state index in [0.29, 0.717) is 10.6 Å². The highest BCUT2D eigenvalue weighted by Gasteiger charge is 2.10. The highest BCUT2D eigenvalue weighted by Crippen LogP contribution is 2.19. The van der Waals surface area contributed by atoms with Gasteiger partial charge in [0.05, 0.1) is 10.6 Å². The summed E-state index contributed by atoms with van der Waals surface area (Å²) in [7, 11) is 0. The van der Waals surface area contributed by atoms with E-state index >= 15 is 0 Å². The van der Waals surface area contributed by atoms with E-state index in [1.807, 2.05) is 44.2 Å². The number of carbonyl (C=O) groups is 1. The summed E-state index contributed by atoms with van der Waals surface area (Å²) in [6.45, 7) is 3.92. The summed E-state index contributed by atoms with van der Waals surface area (Å²) in [5, 5.41) is 3.31. The quantitative estimate of drug-likeness (QED) is 0.860. The molecule has 0 aliphatic rings. The summed E-state index contributed by atoms with van der Waals surface area (Å²) in [4.78, 5) is 12.1. The second-order valence-electron chi connectivity index (χ2n) is 4.31. The van der Waals surface area contributed by atoms with Crippen LogP contribution in [-0.4, -0.2) is 5.91 Å². The number of hydrogen-bond donors (Lipinski definition) is 1. The second-order valence-corrected chi connectivity index (χ2v) is 4.71. The number of anilines is 1. The first kappa shape index (κ1) is 12.7. The van der Waals surface area contributed by atoms with E-state index in [4.69, 9.17) is 11.6 Å². The van der Waals surface area contributed by atoms with Crippen LogP contribution >= 0.6 is 11.6 Å². The predicted molar refractivity (Wildman–Crippen MR) is 75.3 cm³/mol. The molecular weight excluding hydrogens is 246 g/mol. The Morgan fingerprint density at radius 2 is 1.78 bits per heavy atom. The molecule has 0 saturated heterocycles. The van der Waals surface area contributed by atoms with Crippen molar-refractivity contribution in [3.05, 3.63) is 64.2 Å². The highest BCUT2D eigenvalue weighted by molar-refractivity contribution is 6.34. The maximum Gasteiger partial charge on any atom is 0.257 e. The molecule has 2 rings (SSSR count). The van der Waals surface area contributed by atoms with Gasteiger partial charge < -0.3 is 5.32 Å². The van der Waals surface area contributed by atoms with E-state index in [1.165, 1.54) is 0 Å². The molecule has 0 bridgehead atoms. The van der Waals surface area contributed by atoms with Crippen molar-refractivity contribution in [3.8, 4) is 0 Å². The molecule has 0 unspecified atom stereocenters. The molecule has 1 amide bonds. The third-order valence-electron chi connectivity index (χ3n) is 2.65. The van der Waals surface area contributed by atoms with Crippen LogP contribution < -0.4 is 5.32 Å². The lowest BCUT2D eigenvalue weighted by molar-refractivity contribution is 0.102. The van der Waals surface area contributed by atoms with Gasteiger partial charge in [0.2, 0.25) is 0 Å². The number of carbonyl (C=O) groups excluding carboxylic acids is 1. The van der Waals surface area contributed by atoms with Crippen molar-refractivity contribution in [2.24, 2.45) is 0 Å². The minimum Gasteiger partial charge on any atom is -0.322 e. The van der Waals surface area contributed by atoms with Gasteiger partial charge in [0.25, 0.3) is 5.91 Å². The topological polar surface area (TPSA) is 29.1 Å². The first-order chi connectivity index (χ1) is 8.56. The van der Waals surface area contributed by atoms with Crippen molar-refractivity contribution < 1.29 is 4.79 Å². The van der Waals surface area contributed by atoms with Gasteiger partial charge in [-0.25, -0.2) is 0 Å². The summed E-state index contributed by atoms with van der Waals surface area (Å²) >= 11 is 6.06. The Kier molecular flexibility index (Phi) is 3.68. The molecule has 18 heavy (non-hydrogen) atoms. The van der Waals surface area contributed by atoms with Gasteiger partial charge in [0.15, 0.2) is 0 Å². The maximum atomic E-state index is 12.1. The molecular formula is C15H14ClNO. The van der Waals surface area contributed by atoms with Gasteiger partial charge in [-0.2, -0.15) is 0 Å². The fraction of sp³-hybridized carbons (Fsp3) is 0.133. The number of rotatable bonds is 2. The zero-order valence-corrected chi connectivity index (χ0v) is 11.1. The Balaban J connectivity index is 2.22. The third kappa shape index (κ3) is 2.90. The Bertz CT molecular complexity index is 593. The Morgan fingerprint density at radius 3 is 2.44 bits per heavy atom. The zero-order valence-electron chi connectivity index (χ0n) is 10.3. The molecule has 0 fully saturated rings. The van der Waals surface area contributed by atoms with Crippen molar-refractivity contribution in [1.82, 2.24) is 0 Å². The molecule has 0 aliphatic carbocycles. The SMILES string of the molecule is Cc1cccc(NC(=O)c2ccc(C)cc2Cl)c1. The Labute approximate surface area is 112 Å². The number of aryl methyl sites for hydroxylation is 2. The lowest BCUT2D eigenvalue weighted by Crippen LogP contribution is -2.12.